The van der Waals surface area contributed by atoms with E-state index in [4.69, 9.17) is 5.73 Å². The van der Waals surface area contributed by atoms with Crippen LogP contribution in [0.4, 0.5) is 5.69 Å². The van der Waals surface area contributed by atoms with E-state index in [1.54, 1.807) is 36.4 Å². The Labute approximate surface area is 111 Å². The lowest BCUT2D eigenvalue weighted by Gasteiger charge is -2.20. The Morgan fingerprint density at radius 1 is 0.947 bits per heavy atom. The van der Waals surface area contributed by atoms with Crippen LogP contribution in [0.2, 0.25) is 0 Å². The number of sulfonamides is 1. The van der Waals surface area contributed by atoms with Crippen molar-refractivity contribution in [2.24, 2.45) is 0 Å². The van der Waals surface area contributed by atoms with Crippen molar-refractivity contribution in [2.75, 3.05) is 5.73 Å². The molecule has 0 aliphatic carbocycles. The maximum Gasteiger partial charge on any atom is 0.262 e. The summed E-state index contributed by atoms with van der Waals surface area (Å²) in [5, 5.41) is 0. The zero-order chi connectivity index (χ0) is 13.5. The van der Waals surface area contributed by atoms with Crippen LogP contribution in [0.25, 0.3) is 11.8 Å². The van der Waals surface area contributed by atoms with Crippen molar-refractivity contribution < 1.29 is 8.42 Å². The number of nitrogen functional groups attached to an aromatic ring is 1. The molecule has 0 saturated heterocycles. The number of nitrogens with two attached hydrogens (primary N) is 1. The average molecular weight is 272 g/mol. The van der Waals surface area contributed by atoms with Gasteiger partial charge in [0.15, 0.2) is 0 Å². The third-order valence-electron chi connectivity index (χ3n) is 3.00. The first kappa shape index (κ1) is 11.8. The highest BCUT2D eigenvalue weighted by Crippen LogP contribution is 2.30. The van der Waals surface area contributed by atoms with Gasteiger partial charge in [0.05, 0.1) is 10.6 Å². The number of para-hydroxylation sites is 1. The van der Waals surface area contributed by atoms with Gasteiger partial charge in [-0.25, -0.2) is 8.42 Å². The van der Waals surface area contributed by atoms with Gasteiger partial charge in [0.1, 0.15) is 0 Å². The first-order chi connectivity index (χ1) is 9.08. The van der Waals surface area contributed by atoms with Gasteiger partial charge in [0.25, 0.3) is 10.0 Å². The Morgan fingerprint density at radius 2 is 1.63 bits per heavy atom. The molecule has 1 aliphatic heterocycles. The summed E-state index contributed by atoms with van der Waals surface area (Å²) >= 11 is 0. The van der Waals surface area contributed by atoms with Crippen LogP contribution in [0.15, 0.2) is 53.4 Å². The van der Waals surface area contributed by atoms with E-state index >= 15 is 0 Å². The molecule has 0 spiro atoms. The van der Waals surface area contributed by atoms with Gasteiger partial charge in [-0.15, -0.1) is 0 Å². The maximum absolute atomic E-state index is 12.2. The fourth-order valence-corrected chi connectivity index (χ4v) is 3.37. The predicted molar refractivity (Wildman–Crippen MR) is 75.5 cm³/mol. The fourth-order valence-electron chi connectivity index (χ4n) is 2.10. The molecule has 0 saturated carbocycles. The Morgan fingerprint density at radius 3 is 2.42 bits per heavy atom. The maximum atomic E-state index is 12.2. The van der Waals surface area contributed by atoms with Crippen molar-refractivity contribution in [2.45, 2.75) is 4.90 Å². The molecule has 0 bridgehead atoms. The number of hydrogen-bond acceptors (Lipinski definition) is 3. The molecule has 3 N–H and O–H groups in total. The third-order valence-corrected chi connectivity index (χ3v) is 4.44. The predicted octanol–water partition coefficient (Wildman–Crippen LogP) is 2.06. The van der Waals surface area contributed by atoms with Gasteiger partial charge in [-0.3, -0.25) is 4.72 Å². The quantitative estimate of drug-likeness (QED) is 0.780. The Balaban J connectivity index is 2.22. The molecule has 0 atom stereocenters. The molecule has 0 aromatic heterocycles. The van der Waals surface area contributed by atoms with Crippen LogP contribution in [0.1, 0.15) is 11.1 Å². The van der Waals surface area contributed by atoms with Crippen LogP contribution in [0.5, 0.6) is 0 Å². The molecule has 3 rings (SSSR count). The molecule has 4 nitrogen and oxygen atoms in total. The van der Waals surface area contributed by atoms with Gasteiger partial charge in [-0.2, -0.15) is 0 Å². The van der Waals surface area contributed by atoms with Gasteiger partial charge in [0, 0.05) is 11.3 Å². The molecule has 0 amide bonds. The van der Waals surface area contributed by atoms with Gasteiger partial charge in [-0.1, -0.05) is 36.4 Å². The number of benzene rings is 2. The van der Waals surface area contributed by atoms with Gasteiger partial charge < -0.3 is 5.73 Å². The van der Waals surface area contributed by atoms with Crippen LogP contribution in [-0.4, -0.2) is 8.42 Å². The molecule has 1 heterocycles. The number of hydrogen-bond donors (Lipinski definition) is 2. The number of fused-ring (bicyclic) bond motifs is 1. The molecule has 0 unspecified atom stereocenters. The van der Waals surface area contributed by atoms with E-state index in [0.717, 1.165) is 0 Å². The SMILES string of the molecule is Nc1ccccc1C1=Cc2ccccc2S(=O)(=O)N1. The second kappa shape index (κ2) is 4.13. The second-order valence-electron chi connectivity index (χ2n) is 4.29. The summed E-state index contributed by atoms with van der Waals surface area (Å²) in [4.78, 5) is 0.285. The highest BCUT2D eigenvalue weighted by molar-refractivity contribution is 7.90. The smallest absolute Gasteiger partial charge is 0.262 e. The van der Waals surface area contributed by atoms with Gasteiger partial charge in [-0.05, 0) is 23.8 Å². The molecule has 0 radical (unpaired) electrons. The normalized spacial score (nSPS) is 16.1. The molecule has 96 valence electrons. The minimum absolute atomic E-state index is 0.285. The lowest BCUT2D eigenvalue weighted by Crippen LogP contribution is -2.26. The molecular weight excluding hydrogens is 260 g/mol. The third kappa shape index (κ3) is 1.98. The summed E-state index contributed by atoms with van der Waals surface area (Å²) in [6.45, 7) is 0. The summed E-state index contributed by atoms with van der Waals surface area (Å²) in [5.74, 6) is 0. The van der Waals surface area contributed by atoms with E-state index in [9.17, 15) is 8.42 Å². The fraction of sp³-hybridized carbons (Fsp3) is 0. The highest BCUT2D eigenvalue weighted by atomic mass is 32.2. The lowest BCUT2D eigenvalue weighted by atomic mass is 10.1. The van der Waals surface area contributed by atoms with E-state index in [1.165, 1.54) is 0 Å². The minimum Gasteiger partial charge on any atom is -0.398 e. The number of nitrogens with one attached hydrogen (secondary N) is 1. The summed E-state index contributed by atoms with van der Waals surface area (Å²) in [6, 6.07) is 14.0. The molecule has 2 aromatic carbocycles. The van der Waals surface area contributed by atoms with E-state index < -0.39 is 10.0 Å². The second-order valence-corrected chi connectivity index (χ2v) is 5.94. The Kier molecular flexibility index (Phi) is 2.57. The van der Waals surface area contributed by atoms with Crippen molar-refractivity contribution >= 4 is 27.5 Å². The Bertz CT molecular complexity index is 780. The van der Waals surface area contributed by atoms with E-state index in [1.807, 2.05) is 18.2 Å². The molecule has 2 aromatic rings. The Hall–Kier alpha value is -2.27. The molecule has 1 aliphatic rings. The van der Waals surface area contributed by atoms with Crippen molar-refractivity contribution in [3.05, 3.63) is 59.7 Å². The van der Waals surface area contributed by atoms with Gasteiger partial charge >= 0.3 is 0 Å². The van der Waals surface area contributed by atoms with E-state index in [-0.39, 0.29) is 4.90 Å². The average Bonchev–Trinajstić information content (AvgIpc) is 2.38. The van der Waals surface area contributed by atoms with Gasteiger partial charge in [0.2, 0.25) is 0 Å². The van der Waals surface area contributed by atoms with Crippen molar-refractivity contribution in [3.63, 3.8) is 0 Å². The van der Waals surface area contributed by atoms with Crippen LogP contribution in [-0.2, 0) is 10.0 Å². The summed E-state index contributed by atoms with van der Waals surface area (Å²) < 4.78 is 26.9. The topological polar surface area (TPSA) is 72.2 Å². The zero-order valence-electron chi connectivity index (χ0n) is 10.00. The lowest BCUT2D eigenvalue weighted by molar-refractivity contribution is 0.591. The highest BCUT2D eigenvalue weighted by Gasteiger charge is 2.24. The molecule has 0 fully saturated rings. The standard InChI is InChI=1S/C14H12N2O2S/c15-12-7-3-2-6-11(12)13-9-10-5-1-4-8-14(10)19(17,18)16-13/h1-9,16H,15H2. The van der Waals surface area contributed by atoms with E-state index in [2.05, 4.69) is 4.72 Å². The number of rotatable bonds is 1. The van der Waals surface area contributed by atoms with Crippen molar-refractivity contribution in [1.82, 2.24) is 4.72 Å². The van der Waals surface area contributed by atoms with Crippen LogP contribution >= 0.6 is 0 Å². The molecule has 5 heteroatoms. The van der Waals surface area contributed by atoms with Crippen molar-refractivity contribution in [1.29, 1.82) is 0 Å². The largest absolute Gasteiger partial charge is 0.398 e. The minimum atomic E-state index is -3.53. The van der Waals surface area contributed by atoms with Crippen LogP contribution < -0.4 is 10.5 Å². The van der Waals surface area contributed by atoms with E-state index in [0.29, 0.717) is 22.5 Å². The van der Waals surface area contributed by atoms with Crippen LogP contribution in [0, 0.1) is 0 Å². The van der Waals surface area contributed by atoms with Crippen molar-refractivity contribution in [3.8, 4) is 0 Å². The monoisotopic (exact) mass is 272 g/mol. The summed E-state index contributed by atoms with van der Waals surface area (Å²) in [6.07, 6.45) is 1.79. The summed E-state index contributed by atoms with van der Waals surface area (Å²) in [5.41, 5.74) is 8.27. The zero-order valence-corrected chi connectivity index (χ0v) is 10.8. The molecular formula is C14H12N2O2S. The summed E-state index contributed by atoms with van der Waals surface area (Å²) in [7, 11) is -3.53. The molecule has 19 heavy (non-hydrogen) atoms. The number of anilines is 1. The first-order valence-corrected chi connectivity index (χ1v) is 7.25. The first-order valence-electron chi connectivity index (χ1n) is 5.76. The van der Waals surface area contributed by atoms with Crippen LogP contribution in [0.3, 0.4) is 0 Å².